The van der Waals surface area contributed by atoms with E-state index in [2.05, 4.69) is 15.4 Å². The van der Waals surface area contributed by atoms with Crippen molar-refractivity contribution in [2.24, 2.45) is 0 Å². The van der Waals surface area contributed by atoms with Crippen LogP contribution in [0, 0.1) is 10.1 Å². The lowest BCUT2D eigenvalue weighted by molar-refractivity contribution is -0.384. The molecule has 0 spiro atoms. The van der Waals surface area contributed by atoms with Gasteiger partial charge in [-0.05, 0) is 29.8 Å². The fourth-order valence-corrected chi connectivity index (χ4v) is 2.95. The van der Waals surface area contributed by atoms with Gasteiger partial charge in [-0.15, -0.1) is 5.10 Å². The number of nitrogens with zero attached hydrogens (tertiary/aromatic N) is 4. The highest BCUT2D eigenvalue weighted by Crippen LogP contribution is 2.26. The third-order valence-electron chi connectivity index (χ3n) is 4.22. The molecule has 0 aliphatic rings. The van der Waals surface area contributed by atoms with Gasteiger partial charge in [0.1, 0.15) is 5.02 Å². The first kappa shape index (κ1) is 19.3. The minimum Gasteiger partial charge on any atom is -0.461 e. The molecule has 0 fully saturated rings. The van der Waals surface area contributed by atoms with Crippen molar-refractivity contribution in [3.63, 3.8) is 0 Å². The maximum absolute atomic E-state index is 13.1. The standard InChI is InChI=1S/C20H14ClN5O4/c21-15-9-8-14(11-16(15)26(28)29)19(27)25-20(22-12-13-5-2-1-3-6-13)23-18(24-25)17-7-4-10-30-17/h1-11H,12H2,(H,22,23,24). The van der Waals surface area contributed by atoms with E-state index in [1.807, 2.05) is 30.3 Å². The van der Waals surface area contributed by atoms with Crippen molar-refractivity contribution in [3.05, 3.63) is 93.2 Å². The van der Waals surface area contributed by atoms with E-state index in [0.29, 0.717) is 12.3 Å². The van der Waals surface area contributed by atoms with E-state index in [0.717, 1.165) is 16.3 Å². The van der Waals surface area contributed by atoms with Gasteiger partial charge in [-0.1, -0.05) is 41.9 Å². The number of hydrogen-bond acceptors (Lipinski definition) is 7. The lowest BCUT2D eigenvalue weighted by Gasteiger charge is -2.07. The summed E-state index contributed by atoms with van der Waals surface area (Å²) < 4.78 is 6.37. The summed E-state index contributed by atoms with van der Waals surface area (Å²) >= 11 is 5.85. The normalized spacial score (nSPS) is 10.7. The van der Waals surface area contributed by atoms with Gasteiger partial charge >= 0.3 is 0 Å². The highest BCUT2D eigenvalue weighted by molar-refractivity contribution is 6.32. The zero-order chi connectivity index (χ0) is 21.1. The van der Waals surface area contributed by atoms with E-state index < -0.39 is 10.8 Å². The topological polar surface area (TPSA) is 116 Å². The first-order chi connectivity index (χ1) is 14.5. The van der Waals surface area contributed by atoms with Gasteiger partial charge in [-0.2, -0.15) is 9.67 Å². The molecule has 0 atom stereocenters. The Bertz CT molecular complexity index is 1210. The molecule has 2 aromatic carbocycles. The fourth-order valence-electron chi connectivity index (χ4n) is 2.76. The number of furan rings is 1. The molecule has 4 aromatic rings. The Labute approximate surface area is 175 Å². The maximum atomic E-state index is 13.1. The lowest BCUT2D eigenvalue weighted by atomic mass is 10.2. The van der Waals surface area contributed by atoms with E-state index in [9.17, 15) is 14.9 Å². The van der Waals surface area contributed by atoms with Crippen LogP contribution < -0.4 is 5.32 Å². The average Bonchev–Trinajstić information content (AvgIpc) is 3.42. The van der Waals surface area contributed by atoms with Gasteiger partial charge in [0.05, 0.1) is 11.2 Å². The van der Waals surface area contributed by atoms with Gasteiger partial charge < -0.3 is 9.73 Å². The Morgan fingerprint density at radius 3 is 2.67 bits per heavy atom. The third-order valence-corrected chi connectivity index (χ3v) is 4.54. The van der Waals surface area contributed by atoms with Crippen LogP contribution in [0.15, 0.2) is 71.3 Å². The van der Waals surface area contributed by atoms with Crippen LogP contribution in [0.25, 0.3) is 11.6 Å². The number of rotatable bonds is 6. The number of carbonyl (C=O) groups is 1. The Morgan fingerprint density at radius 2 is 1.97 bits per heavy atom. The second-order valence-corrected chi connectivity index (χ2v) is 6.62. The predicted octanol–water partition coefficient (Wildman–Crippen LogP) is 4.40. The van der Waals surface area contributed by atoms with Crippen LogP contribution >= 0.6 is 11.6 Å². The molecule has 0 amide bonds. The first-order valence-electron chi connectivity index (χ1n) is 8.80. The molecule has 150 valence electrons. The minimum absolute atomic E-state index is 0.0461. The van der Waals surface area contributed by atoms with Crippen LogP contribution in [0.4, 0.5) is 11.6 Å². The molecule has 0 aliphatic heterocycles. The summed E-state index contributed by atoms with van der Waals surface area (Å²) in [4.78, 5) is 27.9. The zero-order valence-electron chi connectivity index (χ0n) is 15.4. The van der Waals surface area contributed by atoms with Crippen LogP contribution in [-0.4, -0.2) is 25.6 Å². The van der Waals surface area contributed by atoms with Gasteiger partial charge in [-0.25, -0.2) is 0 Å². The zero-order valence-corrected chi connectivity index (χ0v) is 16.1. The summed E-state index contributed by atoms with van der Waals surface area (Å²) in [5.41, 5.74) is 0.651. The summed E-state index contributed by atoms with van der Waals surface area (Å²) in [6.07, 6.45) is 1.47. The SMILES string of the molecule is O=C(c1ccc(Cl)c([N+](=O)[O-])c1)n1nc(-c2ccco2)nc1NCc1ccccc1. The van der Waals surface area contributed by atoms with E-state index in [4.69, 9.17) is 16.0 Å². The van der Waals surface area contributed by atoms with Crippen LogP contribution in [-0.2, 0) is 6.54 Å². The molecule has 2 heterocycles. The number of anilines is 1. The number of nitrogens with one attached hydrogen (secondary N) is 1. The van der Waals surface area contributed by atoms with Crippen molar-refractivity contribution in [3.8, 4) is 11.6 Å². The smallest absolute Gasteiger partial charge is 0.288 e. The number of hydrogen-bond donors (Lipinski definition) is 1. The Hall–Kier alpha value is -3.98. The number of nitro groups is 1. The van der Waals surface area contributed by atoms with E-state index in [1.165, 1.54) is 18.4 Å². The van der Waals surface area contributed by atoms with Crippen molar-refractivity contribution in [2.45, 2.75) is 6.54 Å². The minimum atomic E-state index is -0.650. The molecule has 2 aromatic heterocycles. The highest BCUT2D eigenvalue weighted by Gasteiger charge is 2.22. The maximum Gasteiger partial charge on any atom is 0.288 e. The largest absolute Gasteiger partial charge is 0.461 e. The molecule has 1 N–H and O–H groups in total. The molecule has 0 saturated carbocycles. The van der Waals surface area contributed by atoms with Crippen molar-refractivity contribution >= 4 is 29.1 Å². The summed E-state index contributed by atoms with van der Waals surface area (Å²) in [5.74, 6) is 0.155. The molecule has 10 heteroatoms. The van der Waals surface area contributed by atoms with Crippen LogP contribution in [0.1, 0.15) is 15.9 Å². The Kier molecular flexibility index (Phi) is 5.27. The summed E-state index contributed by atoms with van der Waals surface area (Å²) in [5, 5.41) is 18.4. The van der Waals surface area contributed by atoms with Crippen LogP contribution in [0.2, 0.25) is 5.02 Å². The number of nitro benzene ring substituents is 1. The number of benzene rings is 2. The molecule has 0 aliphatic carbocycles. The van der Waals surface area contributed by atoms with Gasteiger partial charge in [-0.3, -0.25) is 14.9 Å². The summed E-state index contributed by atoms with van der Waals surface area (Å²) in [6.45, 7) is 0.394. The fraction of sp³-hybridized carbons (Fsp3) is 0.0500. The quantitative estimate of drug-likeness (QED) is 0.361. The highest BCUT2D eigenvalue weighted by atomic mass is 35.5. The molecule has 4 rings (SSSR count). The first-order valence-corrected chi connectivity index (χ1v) is 9.18. The third kappa shape index (κ3) is 3.91. The number of aromatic nitrogens is 3. The van der Waals surface area contributed by atoms with E-state index in [-0.39, 0.29) is 28.0 Å². The van der Waals surface area contributed by atoms with Gasteiger partial charge in [0.2, 0.25) is 11.8 Å². The lowest BCUT2D eigenvalue weighted by Crippen LogP contribution is -2.17. The van der Waals surface area contributed by atoms with Gasteiger partial charge in [0.25, 0.3) is 11.6 Å². The van der Waals surface area contributed by atoms with Gasteiger partial charge in [0, 0.05) is 18.2 Å². The predicted molar refractivity (Wildman–Crippen MR) is 109 cm³/mol. The molecule has 0 saturated heterocycles. The van der Waals surface area contributed by atoms with Crippen molar-refractivity contribution < 1.29 is 14.1 Å². The second kappa shape index (κ2) is 8.18. The summed E-state index contributed by atoms with van der Waals surface area (Å²) in [6, 6.07) is 16.7. The summed E-state index contributed by atoms with van der Waals surface area (Å²) in [7, 11) is 0. The molecule has 0 unspecified atom stereocenters. The Balaban J connectivity index is 1.71. The van der Waals surface area contributed by atoms with Crippen molar-refractivity contribution in [1.29, 1.82) is 0 Å². The monoisotopic (exact) mass is 423 g/mol. The molecular weight excluding hydrogens is 410 g/mol. The van der Waals surface area contributed by atoms with Crippen LogP contribution in [0.3, 0.4) is 0 Å². The van der Waals surface area contributed by atoms with Crippen molar-refractivity contribution in [1.82, 2.24) is 14.8 Å². The number of halogens is 1. The van der Waals surface area contributed by atoms with E-state index >= 15 is 0 Å². The Morgan fingerprint density at radius 1 is 1.17 bits per heavy atom. The molecule has 30 heavy (non-hydrogen) atoms. The van der Waals surface area contributed by atoms with E-state index in [1.54, 1.807) is 12.1 Å². The second-order valence-electron chi connectivity index (χ2n) is 6.22. The number of carbonyl (C=O) groups excluding carboxylic acids is 1. The molecule has 0 bridgehead atoms. The molecule has 9 nitrogen and oxygen atoms in total. The van der Waals surface area contributed by atoms with Gasteiger partial charge in [0.15, 0.2) is 5.76 Å². The molecular formula is C20H14ClN5O4. The van der Waals surface area contributed by atoms with Crippen molar-refractivity contribution in [2.75, 3.05) is 5.32 Å². The average molecular weight is 424 g/mol. The molecule has 0 radical (unpaired) electrons. The van der Waals surface area contributed by atoms with Crippen LogP contribution in [0.5, 0.6) is 0 Å².